The van der Waals surface area contributed by atoms with E-state index in [-0.39, 0.29) is 5.91 Å². The molecule has 1 amide bonds. The lowest BCUT2D eigenvalue weighted by Crippen LogP contribution is -2.43. The summed E-state index contributed by atoms with van der Waals surface area (Å²) in [6, 6.07) is 17.4. The minimum Gasteiger partial charge on any atom is -0.476 e. The van der Waals surface area contributed by atoms with Gasteiger partial charge in [-0.25, -0.2) is 0 Å². The molecule has 0 heterocycles. The second-order valence-corrected chi connectivity index (χ2v) is 7.46. The van der Waals surface area contributed by atoms with Crippen molar-refractivity contribution in [2.45, 2.75) is 45.9 Å². The molecule has 1 atom stereocenters. The molecule has 0 aliphatic carbocycles. The highest BCUT2D eigenvalue weighted by Crippen LogP contribution is 2.27. The van der Waals surface area contributed by atoms with Gasteiger partial charge in [0.15, 0.2) is 0 Å². The Morgan fingerprint density at radius 2 is 1.59 bits per heavy atom. The van der Waals surface area contributed by atoms with E-state index in [2.05, 4.69) is 37.9 Å². The largest absolute Gasteiger partial charge is 0.476 e. The molecule has 1 N–H and O–H groups in total. The topological polar surface area (TPSA) is 41.6 Å². The smallest absolute Gasteiger partial charge is 0.265 e. The Morgan fingerprint density at radius 3 is 2.19 bits per heavy atom. The average Bonchev–Trinajstić information content (AvgIpc) is 2.64. The van der Waals surface area contributed by atoms with Gasteiger partial charge < -0.3 is 10.1 Å². The van der Waals surface area contributed by atoms with Crippen LogP contribution in [0.1, 0.15) is 39.4 Å². The van der Waals surface area contributed by atoms with Gasteiger partial charge in [-0.1, -0.05) is 48.0 Å². The van der Waals surface area contributed by atoms with Gasteiger partial charge in [0.2, 0.25) is 6.10 Å². The van der Waals surface area contributed by atoms with Gasteiger partial charge in [0.25, 0.3) is 5.91 Å². The van der Waals surface area contributed by atoms with E-state index in [0.29, 0.717) is 35.0 Å². The van der Waals surface area contributed by atoms with Crippen molar-refractivity contribution in [3.63, 3.8) is 0 Å². The van der Waals surface area contributed by atoms with Crippen molar-refractivity contribution in [1.82, 2.24) is 10.2 Å². The molecule has 146 valence electrons. The lowest BCUT2D eigenvalue weighted by molar-refractivity contribution is -0.128. The number of nitrogens with one attached hydrogen (secondary N) is 1. The zero-order valence-corrected chi connectivity index (χ0v) is 17.2. The molecule has 2 aromatic carbocycles. The number of hydrogen-bond donors (Lipinski definition) is 1. The van der Waals surface area contributed by atoms with E-state index >= 15 is 0 Å². The van der Waals surface area contributed by atoms with E-state index < -0.39 is 6.10 Å². The van der Waals surface area contributed by atoms with Gasteiger partial charge in [0.1, 0.15) is 5.75 Å². The summed E-state index contributed by atoms with van der Waals surface area (Å²) >= 11 is 6.33. The molecule has 0 spiro atoms. The highest BCUT2D eigenvalue weighted by atomic mass is 35.5. The average molecular weight is 389 g/mol. The number of benzene rings is 2. The second kappa shape index (κ2) is 10.3. The Kier molecular flexibility index (Phi) is 8.14. The molecule has 5 heteroatoms. The SMILES string of the molecule is CC(C)N(CCNC(=O)[C@H](Oc1ccccc1)c1ccccc1Cl)C(C)C. The van der Waals surface area contributed by atoms with Crippen LogP contribution in [0.25, 0.3) is 0 Å². The number of amides is 1. The molecular formula is C22H29ClN2O2. The van der Waals surface area contributed by atoms with Gasteiger partial charge in [0.05, 0.1) is 0 Å². The Hall–Kier alpha value is -2.04. The van der Waals surface area contributed by atoms with Crippen LogP contribution in [-0.2, 0) is 4.79 Å². The quantitative estimate of drug-likeness (QED) is 0.677. The fourth-order valence-electron chi connectivity index (χ4n) is 3.09. The molecule has 0 aromatic heterocycles. The molecule has 0 saturated heterocycles. The molecule has 4 nitrogen and oxygen atoms in total. The summed E-state index contributed by atoms with van der Waals surface area (Å²) in [6.45, 7) is 9.97. The monoisotopic (exact) mass is 388 g/mol. The van der Waals surface area contributed by atoms with Crippen LogP contribution < -0.4 is 10.1 Å². The van der Waals surface area contributed by atoms with Crippen LogP contribution in [-0.4, -0.2) is 36.0 Å². The van der Waals surface area contributed by atoms with Gasteiger partial charge in [0, 0.05) is 35.8 Å². The van der Waals surface area contributed by atoms with Crippen molar-refractivity contribution < 1.29 is 9.53 Å². The lowest BCUT2D eigenvalue weighted by Gasteiger charge is -2.30. The number of carbonyl (C=O) groups excluding carboxylic acids is 1. The van der Waals surface area contributed by atoms with E-state index in [1.165, 1.54) is 0 Å². The first-order chi connectivity index (χ1) is 12.9. The molecule has 0 saturated carbocycles. The van der Waals surface area contributed by atoms with Crippen LogP contribution in [0.3, 0.4) is 0 Å². The first-order valence-corrected chi connectivity index (χ1v) is 9.77. The van der Waals surface area contributed by atoms with Crippen molar-refractivity contribution in [1.29, 1.82) is 0 Å². The fraction of sp³-hybridized carbons (Fsp3) is 0.409. The number of halogens is 1. The number of hydrogen-bond acceptors (Lipinski definition) is 3. The van der Waals surface area contributed by atoms with Crippen LogP contribution in [0.2, 0.25) is 5.02 Å². The van der Waals surface area contributed by atoms with E-state index in [1.54, 1.807) is 6.07 Å². The Balaban J connectivity index is 2.11. The molecule has 0 bridgehead atoms. The predicted molar refractivity (Wildman–Crippen MR) is 111 cm³/mol. The number of carbonyl (C=O) groups is 1. The van der Waals surface area contributed by atoms with Gasteiger partial charge in [-0.05, 0) is 45.9 Å². The van der Waals surface area contributed by atoms with Crippen molar-refractivity contribution in [3.8, 4) is 5.75 Å². The summed E-state index contributed by atoms with van der Waals surface area (Å²) < 4.78 is 5.99. The minimum absolute atomic E-state index is 0.195. The van der Waals surface area contributed by atoms with E-state index in [4.69, 9.17) is 16.3 Å². The first kappa shape index (κ1) is 21.3. The van der Waals surface area contributed by atoms with Crippen molar-refractivity contribution in [2.24, 2.45) is 0 Å². The second-order valence-electron chi connectivity index (χ2n) is 7.05. The zero-order valence-electron chi connectivity index (χ0n) is 16.5. The third-order valence-corrected chi connectivity index (χ3v) is 4.76. The van der Waals surface area contributed by atoms with Crippen LogP contribution in [0.15, 0.2) is 54.6 Å². The molecule has 0 aliphatic heterocycles. The van der Waals surface area contributed by atoms with Crippen LogP contribution in [0, 0.1) is 0 Å². The third kappa shape index (κ3) is 6.26. The molecule has 0 radical (unpaired) electrons. The summed E-state index contributed by atoms with van der Waals surface area (Å²) in [5.41, 5.74) is 0.657. The number of nitrogens with zero attached hydrogens (tertiary/aromatic N) is 1. The zero-order chi connectivity index (χ0) is 19.8. The molecule has 0 unspecified atom stereocenters. The Labute approximate surface area is 167 Å². The molecule has 2 rings (SSSR count). The van der Waals surface area contributed by atoms with E-state index in [9.17, 15) is 4.79 Å². The standard InChI is InChI=1S/C22H29ClN2O2/c1-16(2)25(17(3)4)15-14-24-22(26)21(19-12-8-9-13-20(19)23)27-18-10-6-5-7-11-18/h5-13,16-17,21H,14-15H2,1-4H3,(H,24,26)/t21-/m1/s1. The highest BCUT2D eigenvalue weighted by Gasteiger charge is 2.25. The number of ether oxygens (including phenoxy) is 1. The molecule has 2 aromatic rings. The highest BCUT2D eigenvalue weighted by molar-refractivity contribution is 6.31. The maximum atomic E-state index is 12.9. The van der Waals surface area contributed by atoms with Gasteiger partial charge in [-0.2, -0.15) is 0 Å². The van der Waals surface area contributed by atoms with Crippen LogP contribution >= 0.6 is 11.6 Å². The maximum absolute atomic E-state index is 12.9. The summed E-state index contributed by atoms with van der Waals surface area (Å²) in [6.07, 6.45) is -0.798. The van der Waals surface area contributed by atoms with Crippen molar-refractivity contribution in [2.75, 3.05) is 13.1 Å². The van der Waals surface area contributed by atoms with Gasteiger partial charge in [-0.3, -0.25) is 9.69 Å². The summed E-state index contributed by atoms with van der Waals surface area (Å²) in [7, 11) is 0. The maximum Gasteiger partial charge on any atom is 0.265 e. The summed E-state index contributed by atoms with van der Waals surface area (Å²) in [5, 5.41) is 3.52. The minimum atomic E-state index is -0.798. The van der Waals surface area contributed by atoms with Gasteiger partial charge in [-0.15, -0.1) is 0 Å². The predicted octanol–water partition coefficient (Wildman–Crippen LogP) is 4.70. The summed E-state index contributed by atoms with van der Waals surface area (Å²) in [4.78, 5) is 15.2. The van der Waals surface area contributed by atoms with E-state index in [0.717, 1.165) is 6.54 Å². The Morgan fingerprint density at radius 1 is 1.00 bits per heavy atom. The van der Waals surface area contributed by atoms with E-state index in [1.807, 2.05) is 48.5 Å². The molecule has 27 heavy (non-hydrogen) atoms. The number of rotatable bonds is 9. The van der Waals surface area contributed by atoms with Crippen LogP contribution in [0.4, 0.5) is 0 Å². The Bertz CT molecular complexity index is 711. The lowest BCUT2D eigenvalue weighted by atomic mass is 10.1. The van der Waals surface area contributed by atoms with Crippen molar-refractivity contribution in [3.05, 3.63) is 65.2 Å². The molecular weight excluding hydrogens is 360 g/mol. The third-order valence-electron chi connectivity index (χ3n) is 4.42. The number of para-hydroxylation sites is 1. The van der Waals surface area contributed by atoms with Gasteiger partial charge >= 0.3 is 0 Å². The fourth-order valence-corrected chi connectivity index (χ4v) is 3.33. The van der Waals surface area contributed by atoms with Crippen molar-refractivity contribution >= 4 is 17.5 Å². The van der Waals surface area contributed by atoms with Crippen LogP contribution in [0.5, 0.6) is 5.75 Å². The molecule has 0 aliphatic rings. The normalized spacial score (nSPS) is 12.4. The molecule has 0 fully saturated rings. The summed E-state index contributed by atoms with van der Waals surface area (Å²) in [5.74, 6) is 0.433. The first-order valence-electron chi connectivity index (χ1n) is 9.39.